The minimum atomic E-state index is -0.787. The molecular formula is C73H126O6. The van der Waals surface area contributed by atoms with Crippen molar-refractivity contribution in [1.82, 2.24) is 0 Å². The zero-order valence-corrected chi connectivity index (χ0v) is 52.1. The highest BCUT2D eigenvalue weighted by Crippen LogP contribution is 2.16. The summed E-state index contributed by atoms with van der Waals surface area (Å²) in [6.07, 6.45) is 89.8. The van der Waals surface area contributed by atoms with Gasteiger partial charge in [-0.1, -0.05) is 285 Å². The molecule has 0 bridgehead atoms. The van der Waals surface area contributed by atoms with Crippen molar-refractivity contribution >= 4 is 17.9 Å². The van der Waals surface area contributed by atoms with E-state index in [1.54, 1.807) is 0 Å². The summed E-state index contributed by atoms with van der Waals surface area (Å²) in [5.41, 5.74) is 0. The summed E-state index contributed by atoms with van der Waals surface area (Å²) in [5.74, 6) is -0.885. The highest BCUT2D eigenvalue weighted by atomic mass is 16.6. The number of ether oxygens (including phenoxy) is 3. The topological polar surface area (TPSA) is 78.9 Å². The van der Waals surface area contributed by atoms with Crippen LogP contribution in [0.15, 0.2) is 97.2 Å². The maximum absolute atomic E-state index is 12.9. The van der Waals surface area contributed by atoms with Gasteiger partial charge in [0.05, 0.1) is 0 Å². The van der Waals surface area contributed by atoms with Gasteiger partial charge in [-0.3, -0.25) is 14.4 Å². The van der Waals surface area contributed by atoms with Gasteiger partial charge in [-0.15, -0.1) is 0 Å². The fraction of sp³-hybridized carbons (Fsp3) is 0.740. The summed E-state index contributed by atoms with van der Waals surface area (Å²) in [6, 6.07) is 0. The Morgan fingerprint density at radius 3 is 0.810 bits per heavy atom. The fourth-order valence-corrected chi connectivity index (χ4v) is 9.50. The Balaban J connectivity index is 4.38. The van der Waals surface area contributed by atoms with Crippen molar-refractivity contribution in [3.05, 3.63) is 97.2 Å². The summed E-state index contributed by atoms with van der Waals surface area (Å²) < 4.78 is 17.0. The average molecular weight is 1100 g/mol. The summed E-state index contributed by atoms with van der Waals surface area (Å²) in [5, 5.41) is 0. The molecule has 0 radical (unpaired) electrons. The van der Waals surface area contributed by atoms with Gasteiger partial charge in [0, 0.05) is 19.3 Å². The monoisotopic (exact) mass is 1100 g/mol. The van der Waals surface area contributed by atoms with Crippen molar-refractivity contribution in [2.75, 3.05) is 13.2 Å². The molecule has 0 spiro atoms. The fourth-order valence-electron chi connectivity index (χ4n) is 9.50. The van der Waals surface area contributed by atoms with E-state index in [1.165, 1.54) is 180 Å². The first-order valence-corrected chi connectivity index (χ1v) is 33.7. The molecule has 454 valence electrons. The van der Waals surface area contributed by atoms with Gasteiger partial charge >= 0.3 is 17.9 Å². The minimum Gasteiger partial charge on any atom is -0.462 e. The Morgan fingerprint density at radius 1 is 0.266 bits per heavy atom. The van der Waals surface area contributed by atoms with Crippen LogP contribution in [-0.2, 0) is 28.6 Å². The Kier molecular flexibility index (Phi) is 63.7. The molecule has 0 aromatic rings. The Morgan fingerprint density at radius 2 is 0.494 bits per heavy atom. The molecule has 0 amide bonds. The molecule has 0 aromatic heterocycles. The first kappa shape index (κ1) is 75.3. The average Bonchev–Trinajstić information content (AvgIpc) is 3.45. The van der Waals surface area contributed by atoms with Crippen molar-refractivity contribution in [2.45, 2.75) is 335 Å². The summed E-state index contributed by atoms with van der Waals surface area (Å²) in [6.45, 7) is 6.52. The van der Waals surface area contributed by atoms with Crippen molar-refractivity contribution in [3.8, 4) is 0 Å². The van der Waals surface area contributed by atoms with E-state index in [0.29, 0.717) is 19.3 Å². The van der Waals surface area contributed by atoms with Crippen molar-refractivity contribution in [2.24, 2.45) is 0 Å². The number of rotatable bonds is 61. The summed E-state index contributed by atoms with van der Waals surface area (Å²) in [4.78, 5) is 38.4. The van der Waals surface area contributed by atoms with Crippen molar-refractivity contribution in [3.63, 3.8) is 0 Å². The molecule has 1 unspecified atom stereocenters. The van der Waals surface area contributed by atoms with Crippen molar-refractivity contribution < 1.29 is 28.6 Å². The van der Waals surface area contributed by atoms with Crippen LogP contribution in [0.5, 0.6) is 0 Å². The number of carbonyl (C=O) groups is 3. The summed E-state index contributed by atoms with van der Waals surface area (Å²) >= 11 is 0. The smallest absolute Gasteiger partial charge is 0.306 e. The molecule has 0 heterocycles. The SMILES string of the molecule is CC/C=C\C/C=C\C/C=C\C/C=C\C/C=C\CCCCCCCCCCCC(=O)OCC(COC(=O)CCCCCCCCC/C=C\C/C=C\CCCCC)OC(=O)CCCCCCCCCCC/C=C\CCCCCCCC. The Bertz CT molecular complexity index is 1540. The zero-order chi connectivity index (χ0) is 57.1. The second-order valence-corrected chi connectivity index (χ2v) is 22.3. The number of hydrogen-bond acceptors (Lipinski definition) is 6. The van der Waals surface area contributed by atoms with Crippen LogP contribution in [-0.4, -0.2) is 37.2 Å². The Hall–Kier alpha value is -3.67. The molecule has 0 aliphatic carbocycles. The largest absolute Gasteiger partial charge is 0.462 e. The lowest BCUT2D eigenvalue weighted by atomic mass is 10.1. The highest BCUT2D eigenvalue weighted by molar-refractivity contribution is 5.71. The van der Waals surface area contributed by atoms with Gasteiger partial charge in [0.1, 0.15) is 13.2 Å². The predicted molar refractivity (Wildman–Crippen MR) is 344 cm³/mol. The second-order valence-electron chi connectivity index (χ2n) is 22.3. The van der Waals surface area contributed by atoms with Crippen molar-refractivity contribution in [1.29, 1.82) is 0 Å². The van der Waals surface area contributed by atoms with Gasteiger partial charge in [-0.2, -0.15) is 0 Å². The van der Waals surface area contributed by atoms with E-state index < -0.39 is 6.10 Å². The standard InChI is InChI=1S/C73H126O6/c1-4-7-10-13-16-19-22-25-28-31-33-34-35-36-37-38-40-42-45-48-51-54-57-60-63-66-72(75)78-69-70(68-77-71(74)65-62-59-56-53-50-47-44-41-30-27-24-21-18-15-12-9-6-3)79-73(76)67-64-61-58-55-52-49-46-43-39-32-29-26-23-20-17-14-11-8-5-2/h7,10,16,18-19,21,25-30,33-34,36-37,70H,4-6,8-9,11-15,17,20,22-24,31-32,35,38-69H2,1-3H3/b10-7-,19-16-,21-18-,28-25-,29-26-,30-27-,34-33-,37-36-. The summed E-state index contributed by atoms with van der Waals surface area (Å²) in [7, 11) is 0. The lowest BCUT2D eigenvalue weighted by Crippen LogP contribution is -2.30. The van der Waals surface area contributed by atoms with Crippen LogP contribution < -0.4 is 0 Å². The molecule has 0 N–H and O–H groups in total. The molecule has 6 heteroatoms. The first-order valence-electron chi connectivity index (χ1n) is 33.7. The maximum atomic E-state index is 12.9. The van der Waals surface area contributed by atoms with E-state index in [2.05, 4.69) is 118 Å². The molecule has 0 rings (SSSR count). The molecule has 79 heavy (non-hydrogen) atoms. The third kappa shape index (κ3) is 65.0. The van der Waals surface area contributed by atoms with Crippen LogP contribution in [0.2, 0.25) is 0 Å². The molecule has 0 fully saturated rings. The van der Waals surface area contributed by atoms with E-state index in [4.69, 9.17) is 14.2 Å². The zero-order valence-electron chi connectivity index (χ0n) is 52.1. The molecule has 6 nitrogen and oxygen atoms in total. The van der Waals surface area contributed by atoms with Gasteiger partial charge in [0.2, 0.25) is 0 Å². The molecule has 1 atom stereocenters. The van der Waals surface area contributed by atoms with Gasteiger partial charge in [0.25, 0.3) is 0 Å². The Labute approximate surface area is 489 Å². The molecule has 0 aliphatic heterocycles. The number of unbranched alkanes of at least 4 members (excludes halogenated alkanes) is 34. The number of carbonyl (C=O) groups excluding carboxylic acids is 3. The lowest BCUT2D eigenvalue weighted by Gasteiger charge is -2.18. The normalized spacial score (nSPS) is 12.7. The number of allylic oxidation sites excluding steroid dienone is 16. The van der Waals surface area contributed by atoms with Crippen LogP contribution in [0.4, 0.5) is 0 Å². The maximum Gasteiger partial charge on any atom is 0.306 e. The van der Waals surface area contributed by atoms with Gasteiger partial charge in [0.15, 0.2) is 6.10 Å². The van der Waals surface area contributed by atoms with Crippen LogP contribution >= 0.6 is 0 Å². The van der Waals surface area contributed by atoms with E-state index in [-0.39, 0.29) is 31.1 Å². The minimum absolute atomic E-state index is 0.0829. The van der Waals surface area contributed by atoms with Crippen LogP contribution in [0.1, 0.15) is 329 Å². The van der Waals surface area contributed by atoms with Gasteiger partial charge in [-0.05, 0) is 122 Å². The van der Waals surface area contributed by atoms with Gasteiger partial charge in [-0.25, -0.2) is 0 Å². The third-order valence-corrected chi connectivity index (χ3v) is 14.5. The van der Waals surface area contributed by atoms with E-state index >= 15 is 0 Å². The van der Waals surface area contributed by atoms with Crippen LogP contribution in [0.3, 0.4) is 0 Å². The predicted octanol–water partition coefficient (Wildman–Crippen LogP) is 23.2. The second kappa shape index (κ2) is 66.8. The number of hydrogen-bond donors (Lipinski definition) is 0. The third-order valence-electron chi connectivity index (χ3n) is 14.5. The molecule has 0 saturated heterocycles. The lowest BCUT2D eigenvalue weighted by molar-refractivity contribution is -0.167. The molecule has 0 saturated carbocycles. The van der Waals surface area contributed by atoms with E-state index in [9.17, 15) is 14.4 Å². The van der Waals surface area contributed by atoms with E-state index in [0.717, 1.165) is 109 Å². The van der Waals surface area contributed by atoms with Crippen LogP contribution in [0.25, 0.3) is 0 Å². The number of esters is 3. The quantitative estimate of drug-likeness (QED) is 0.0261. The molecule has 0 aromatic carbocycles. The van der Waals surface area contributed by atoms with Gasteiger partial charge < -0.3 is 14.2 Å². The first-order chi connectivity index (χ1) is 39.0. The highest BCUT2D eigenvalue weighted by Gasteiger charge is 2.19. The molecular weight excluding hydrogens is 973 g/mol. The molecule has 0 aliphatic rings. The van der Waals surface area contributed by atoms with Crippen LogP contribution in [0, 0.1) is 0 Å². The van der Waals surface area contributed by atoms with E-state index in [1.807, 2.05) is 0 Å².